The number of aromatic nitrogens is 1. The molecule has 1 heterocycles. The molecule has 1 aromatic carbocycles. The molecular weight excluding hydrogens is 298 g/mol. The van der Waals surface area contributed by atoms with E-state index < -0.39 is 16.5 Å². The fourth-order valence-corrected chi connectivity index (χ4v) is 1.95. The summed E-state index contributed by atoms with van der Waals surface area (Å²) in [6, 6.07) is 4.94. The summed E-state index contributed by atoms with van der Waals surface area (Å²) >= 11 is 5.94. The molecule has 0 saturated heterocycles. The summed E-state index contributed by atoms with van der Waals surface area (Å²) in [4.78, 5) is 26.2. The Morgan fingerprint density at radius 1 is 1.43 bits per heavy atom. The Hall–Kier alpha value is -2.67. The summed E-state index contributed by atoms with van der Waals surface area (Å²) in [5.41, 5.74) is 0.288. The molecule has 0 saturated carbocycles. The van der Waals surface area contributed by atoms with E-state index in [2.05, 4.69) is 10.3 Å². The van der Waals surface area contributed by atoms with Crippen LogP contribution in [0.5, 0.6) is 5.75 Å². The Morgan fingerprint density at radius 3 is 2.76 bits per heavy atom. The first-order valence-electron chi connectivity index (χ1n) is 5.79. The van der Waals surface area contributed by atoms with Gasteiger partial charge in [-0.05, 0) is 25.1 Å². The number of nitro groups is 1. The summed E-state index contributed by atoms with van der Waals surface area (Å²) in [5.74, 6) is -0.893. The number of nitro benzene ring substituents is 1. The zero-order chi connectivity index (χ0) is 15.6. The van der Waals surface area contributed by atoms with Crippen molar-refractivity contribution < 1.29 is 14.8 Å². The van der Waals surface area contributed by atoms with Gasteiger partial charge in [0, 0.05) is 11.9 Å². The number of phenolic OH excluding ortho intramolecular Hbond substituents is 1. The van der Waals surface area contributed by atoms with Crippen molar-refractivity contribution in [3.8, 4) is 5.75 Å². The summed E-state index contributed by atoms with van der Waals surface area (Å²) in [6.07, 6.45) is 1.29. The van der Waals surface area contributed by atoms with Gasteiger partial charge in [-0.15, -0.1) is 0 Å². The van der Waals surface area contributed by atoms with Crippen LogP contribution < -0.4 is 5.32 Å². The molecular formula is C13H10ClN3O4. The van der Waals surface area contributed by atoms with Crippen LogP contribution in [0.3, 0.4) is 0 Å². The fraction of sp³-hybridized carbons (Fsp3) is 0.0769. The zero-order valence-corrected chi connectivity index (χ0v) is 11.6. The molecule has 1 aromatic heterocycles. The standard InChI is InChI=1S/C13H10ClN3O4/c1-7-4-10(14)9(6-15-7)13(19)16-11-3-2-8(18)5-12(11)17(20)21/h2-6,18H,1H3,(H,16,19). The van der Waals surface area contributed by atoms with Gasteiger partial charge in [-0.25, -0.2) is 0 Å². The van der Waals surface area contributed by atoms with Crippen LogP contribution in [-0.4, -0.2) is 20.9 Å². The Balaban J connectivity index is 2.34. The van der Waals surface area contributed by atoms with Crippen LogP contribution in [0.15, 0.2) is 30.5 Å². The molecule has 2 N–H and O–H groups in total. The van der Waals surface area contributed by atoms with Gasteiger partial charge in [-0.3, -0.25) is 19.9 Å². The molecule has 0 spiro atoms. The van der Waals surface area contributed by atoms with Crippen molar-refractivity contribution in [2.45, 2.75) is 6.92 Å². The van der Waals surface area contributed by atoms with Crippen molar-refractivity contribution in [1.29, 1.82) is 0 Å². The first-order valence-corrected chi connectivity index (χ1v) is 6.17. The number of amides is 1. The van der Waals surface area contributed by atoms with Gasteiger partial charge in [-0.2, -0.15) is 0 Å². The van der Waals surface area contributed by atoms with Crippen LogP contribution in [0.2, 0.25) is 5.02 Å². The van der Waals surface area contributed by atoms with Crippen LogP contribution in [0.4, 0.5) is 11.4 Å². The molecule has 1 amide bonds. The van der Waals surface area contributed by atoms with E-state index in [1.54, 1.807) is 6.92 Å². The average Bonchev–Trinajstić information content (AvgIpc) is 2.40. The maximum Gasteiger partial charge on any atom is 0.296 e. The van der Waals surface area contributed by atoms with Crippen molar-refractivity contribution >= 4 is 28.9 Å². The number of carbonyl (C=O) groups excluding carboxylic acids is 1. The SMILES string of the molecule is Cc1cc(Cl)c(C(=O)Nc2ccc(O)cc2[N+](=O)[O-])cn1. The topological polar surface area (TPSA) is 105 Å². The number of hydrogen-bond donors (Lipinski definition) is 2. The van der Waals surface area contributed by atoms with E-state index in [1.807, 2.05) is 0 Å². The minimum atomic E-state index is -0.704. The third-order valence-electron chi connectivity index (χ3n) is 2.66. The number of hydrogen-bond acceptors (Lipinski definition) is 5. The number of rotatable bonds is 3. The smallest absolute Gasteiger partial charge is 0.296 e. The quantitative estimate of drug-likeness (QED) is 0.515. The Morgan fingerprint density at radius 2 is 2.14 bits per heavy atom. The van der Waals surface area contributed by atoms with Gasteiger partial charge in [-0.1, -0.05) is 11.6 Å². The highest BCUT2D eigenvalue weighted by atomic mass is 35.5. The molecule has 0 aliphatic rings. The van der Waals surface area contributed by atoms with Gasteiger partial charge < -0.3 is 10.4 Å². The molecule has 0 unspecified atom stereocenters. The summed E-state index contributed by atoms with van der Waals surface area (Å²) in [5, 5.41) is 22.7. The highest BCUT2D eigenvalue weighted by Crippen LogP contribution is 2.29. The number of aromatic hydroxyl groups is 1. The number of aryl methyl sites for hydroxylation is 1. The lowest BCUT2D eigenvalue weighted by Crippen LogP contribution is -2.14. The van der Waals surface area contributed by atoms with Crippen molar-refractivity contribution in [1.82, 2.24) is 4.98 Å². The second kappa shape index (κ2) is 5.76. The third kappa shape index (κ3) is 3.26. The van der Waals surface area contributed by atoms with Gasteiger partial charge in [0.2, 0.25) is 0 Å². The number of halogens is 1. The van der Waals surface area contributed by atoms with Crippen LogP contribution >= 0.6 is 11.6 Å². The summed E-state index contributed by atoms with van der Waals surface area (Å²) in [6.45, 7) is 1.72. The number of anilines is 1. The molecule has 0 bridgehead atoms. The Kier molecular flexibility index (Phi) is 4.04. The van der Waals surface area contributed by atoms with Crippen molar-refractivity contribution in [2.75, 3.05) is 5.32 Å². The minimum Gasteiger partial charge on any atom is -0.508 e. The second-order valence-corrected chi connectivity index (χ2v) is 4.63. The van der Waals surface area contributed by atoms with Gasteiger partial charge in [0.15, 0.2) is 0 Å². The third-order valence-corrected chi connectivity index (χ3v) is 2.97. The molecule has 0 fully saturated rings. The number of benzene rings is 1. The van der Waals surface area contributed by atoms with Crippen molar-refractivity contribution in [2.24, 2.45) is 0 Å². The molecule has 7 nitrogen and oxygen atoms in total. The molecule has 0 atom stereocenters. The molecule has 0 aliphatic heterocycles. The van der Waals surface area contributed by atoms with Crippen LogP contribution in [0.1, 0.15) is 16.1 Å². The largest absolute Gasteiger partial charge is 0.508 e. The Labute approximate surface area is 124 Å². The number of pyridine rings is 1. The predicted octanol–water partition coefficient (Wildman–Crippen LogP) is 2.91. The number of nitrogens with zero attached hydrogens (tertiary/aromatic N) is 2. The van der Waals surface area contributed by atoms with E-state index in [9.17, 15) is 20.0 Å². The van der Waals surface area contributed by atoms with Crippen LogP contribution in [0.25, 0.3) is 0 Å². The monoisotopic (exact) mass is 307 g/mol. The fourth-order valence-electron chi connectivity index (χ4n) is 1.66. The normalized spacial score (nSPS) is 10.2. The maximum atomic E-state index is 12.1. The highest BCUT2D eigenvalue weighted by Gasteiger charge is 2.19. The first-order chi connectivity index (χ1) is 9.88. The van der Waals surface area contributed by atoms with Crippen molar-refractivity contribution in [3.05, 3.63) is 56.9 Å². The minimum absolute atomic E-state index is 0.0422. The van der Waals surface area contributed by atoms with Gasteiger partial charge in [0.05, 0.1) is 21.6 Å². The number of carbonyl (C=O) groups is 1. The van der Waals surface area contributed by atoms with E-state index in [-0.39, 0.29) is 22.0 Å². The molecule has 21 heavy (non-hydrogen) atoms. The number of phenols is 1. The average molecular weight is 308 g/mol. The van der Waals surface area contributed by atoms with E-state index in [4.69, 9.17) is 11.6 Å². The first kappa shape index (κ1) is 14.7. The van der Waals surface area contributed by atoms with E-state index >= 15 is 0 Å². The van der Waals surface area contributed by atoms with Crippen molar-refractivity contribution in [3.63, 3.8) is 0 Å². The molecule has 8 heteroatoms. The maximum absolute atomic E-state index is 12.1. The zero-order valence-electron chi connectivity index (χ0n) is 10.8. The molecule has 0 aliphatic carbocycles. The van der Waals surface area contributed by atoms with E-state index in [1.165, 1.54) is 24.4 Å². The van der Waals surface area contributed by atoms with E-state index in [0.717, 1.165) is 6.07 Å². The van der Waals surface area contributed by atoms with Crippen LogP contribution in [0, 0.1) is 17.0 Å². The molecule has 0 radical (unpaired) electrons. The lowest BCUT2D eigenvalue weighted by molar-refractivity contribution is -0.384. The second-order valence-electron chi connectivity index (χ2n) is 4.22. The highest BCUT2D eigenvalue weighted by molar-refractivity contribution is 6.34. The molecule has 2 rings (SSSR count). The van der Waals surface area contributed by atoms with E-state index in [0.29, 0.717) is 5.69 Å². The van der Waals surface area contributed by atoms with Gasteiger partial charge >= 0.3 is 0 Å². The van der Waals surface area contributed by atoms with Crippen LogP contribution in [-0.2, 0) is 0 Å². The predicted molar refractivity (Wildman–Crippen MR) is 76.7 cm³/mol. The Bertz CT molecular complexity index is 733. The number of nitrogens with one attached hydrogen (secondary N) is 1. The molecule has 108 valence electrons. The summed E-state index contributed by atoms with van der Waals surface area (Å²) < 4.78 is 0. The molecule has 2 aromatic rings. The van der Waals surface area contributed by atoms with Gasteiger partial charge in [0.1, 0.15) is 11.4 Å². The summed E-state index contributed by atoms with van der Waals surface area (Å²) in [7, 11) is 0. The lowest BCUT2D eigenvalue weighted by Gasteiger charge is -2.07. The lowest BCUT2D eigenvalue weighted by atomic mass is 10.2. The van der Waals surface area contributed by atoms with Gasteiger partial charge in [0.25, 0.3) is 11.6 Å².